The summed E-state index contributed by atoms with van der Waals surface area (Å²) >= 11 is 0. The minimum atomic E-state index is -3.53. The molecule has 0 saturated carbocycles. The molecule has 3 rings (SSSR count). The van der Waals surface area contributed by atoms with Gasteiger partial charge in [0.2, 0.25) is 0 Å². The van der Waals surface area contributed by atoms with E-state index in [1.54, 1.807) is 12.1 Å². The summed E-state index contributed by atoms with van der Waals surface area (Å²) in [5.74, 6) is 11.6. The number of aromatic nitrogens is 1. The van der Waals surface area contributed by atoms with Crippen molar-refractivity contribution in [3.63, 3.8) is 0 Å². The number of benzene rings is 1. The van der Waals surface area contributed by atoms with E-state index < -0.39 is 16.7 Å². The molecule has 0 aliphatic heterocycles. The van der Waals surface area contributed by atoms with E-state index in [-0.39, 0.29) is 5.56 Å². The van der Waals surface area contributed by atoms with Crippen LogP contribution >= 0.6 is 0 Å². The molecule has 0 radical (unpaired) electrons. The van der Waals surface area contributed by atoms with Gasteiger partial charge in [0.05, 0.1) is 0 Å². The molecule has 1 aromatic carbocycles. The van der Waals surface area contributed by atoms with Crippen LogP contribution in [0, 0.1) is 17.7 Å². The first-order valence-electron chi connectivity index (χ1n) is 9.27. The first-order chi connectivity index (χ1) is 12.4. The Hall–Kier alpha value is -2.08. The van der Waals surface area contributed by atoms with Crippen molar-refractivity contribution in [2.24, 2.45) is 0 Å². The second-order valence-corrected chi connectivity index (χ2v) is 28.6. The van der Waals surface area contributed by atoms with Crippen LogP contribution in [0.1, 0.15) is 45.6 Å². The van der Waals surface area contributed by atoms with Crippen molar-refractivity contribution < 1.29 is 9.90 Å². The van der Waals surface area contributed by atoms with Crippen molar-refractivity contribution >= 4 is 21.2 Å². The van der Waals surface area contributed by atoms with Gasteiger partial charge in [-0.25, -0.2) is 0 Å². The number of pyridine rings is 1. The van der Waals surface area contributed by atoms with Crippen molar-refractivity contribution in [1.29, 1.82) is 0 Å². The summed E-state index contributed by atoms with van der Waals surface area (Å²) in [6.07, 6.45) is 6.28. The van der Waals surface area contributed by atoms with E-state index in [1.807, 2.05) is 0 Å². The Kier molecular flexibility index (Phi) is 4.34. The van der Waals surface area contributed by atoms with Gasteiger partial charge in [-0.2, -0.15) is 0 Å². The maximum absolute atomic E-state index is 11.0. The van der Waals surface area contributed by atoms with Crippen LogP contribution in [0.3, 0.4) is 0 Å². The van der Waals surface area contributed by atoms with Crippen LogP contribution in [-0.4, -0.2) is 26.8 Å². The van der Waals surface area contributed by atoms with E-state index in [0.29, 0.717) is 5.69 Å². The van der Waals surface area contributed by atoms with Gasteiger partial charge in [-0.1, -0.05) is 0 Å². The van der Waals surface area contributed by atoms with Crippen molar-refractivity contribution in [3.05, 3.63) is 58.4 Å². The van der Waals surface area contributed by atoms with Gasteiger partial charge in [-0.15, -0.1) is 0 Å². The molecule has 1 aromatic heterocycles. The van der Waals surface area contributed by atoms with Gasteiger partial charge >= 0.3 is 161 Å². The number of carbonyl (C=O) groups is 1. The second kappa shape index (κ2) is 5.96. The predicted molar refractivity (Wildman–Crippen MR) is 115 cm³/mol. The fraction of sp³-hybridized carbons (Fsp3) is 0.391. The number of aryl methyl sites for hydroxylation is 1. The zero-order valence-electron chi connectivity index (χ0n) is 16.9. The molecule has 0 atom stereocenters. The molecule has 0 unspecified atom stereocenters. The van der Waals surface area contributed by atoms with E-state index in [1.165, 1.54) is 53.0 Å². The Morgan fingerprint density at radius 2 is 1.78 bits per heavy atom. The zero-order chi connectivity index (χ0) is 19.9. The zero-order valence-corrected chi connectivity index (χ0v) is 18.6. The summed E-state index contributed by atoms with van der Waals surface area (Å²) in [4.78, 5) is 18.9. The van der Waals surface area contributed by atoms with Crippen molar-refractivity contribution in [1.82, 2.24) is 4.98 Å². The van der Waals surface area contributed by atoms with Gasteiger partial charge in [-0.05, 0) is 0 Å². The standard InChI is InChI=1S/C23H29NO2Se/c1-17-21-9-7-6-8-18(21)11-13-22(17)27(2,3,4,5)15-14-20-12-10-19(16-24-20)23(25)26/h10-13,16H,6-9H2,1-5H3,(H,25,26). The van der Waals surface area contributed by atoms with Crippen molar-refractivity contribution in [2.45, 2.75) is 55.9 Å². The number of hydrogen-bond donors (Lipinski definition) is 1. The third-order valence-electron chi connectivity index (χ3n) is 5.41. The molecule has 0 saturated heterocycles. The minimum absolute atomic E-state index is 0.183. The van der Waals surface area contributed by atoms with Crippen molar-refractivity contribution in [3.8, 4) is 10.7 Å². The first-order valence-corrected chi connectivity index (χ1v) is 17.8. The number of carboxylic acids is 1. The molecule has 2 aromatic rings. The number of rotatable bonds is 2. The fourth-order valence-electron chi connectivity index (χ4n) is 3.92. The number of nitrogens with zero attached hydrogens (tertiary/aromatic N) is 1. The third-order valence-corrected chi connectivity index (χ3v) is 12.6. The molecule has 4 heteroatoms. The van der Waals surface area contributed by atoms with Gasteiger partial charge in [0.25, 0.3) is 0 Å². The molecule has 1 aliphatic carbocycles. The monoisotopic (exact) mass is 431 g/mol. The SMILES string of the molecule is Cc1c([Se](C)(C)(C)(C)C#Cc2ccc(C(=O)O)cn2)ccc2c1CCCC2. The van der Waals surface area contributed by atoms with E-state index in [9.17, 15) is 4.79 Å². The van der Waals surface area contributed by atoms with Gasteiger partial charge in [-0.3, -0.25) is 0 Å². The summed E-state index contributed by atoms with van der Waals surface area (Å²) in [5.41, 5.74) is 5.25. The molecule has 1 heterocycles. The Morgan fingerprint density at radius 1 is 1.07 bits per heavy atom. The molecular formula is C23H29NO2Se. The van der Waals surface area contributed by atoms with E-state index in [2.05, 4.69) is 58.1 Å². The number of aromatic carboxylic acids is 1. The third kappa shape index (κ3) is 3.95. The van der Waals surface area contributed by atoms with Crippen LogP contribution in [0.2, 0.25) is 23.3 Å². The van der Waals surface area contributed by atoms with E-state index >= 15 is 0 Å². The normalized spacial score (nSPS) is 16.3. The average molecular weight is 430 g/mol. The summed E-state index contributed by atoms with van der Waals surface area (Å²) in [7, 11) is -3.53. The molecule has 0 bridgehead atoms. The predicted octanol–water partition coefficient (Wildman–Crippen LogP) is 4.64. The summed E-state index contributed by atoms with van der Waals surface area (Å²) in [5, 5.41) is 9.03. The summed E-state index contributed by atoms with van der Waals surface area (Å²) in [6.45, 7) is 2.26. The van der Waals surface area contributed by atoms with E-state index in [4.69, 9.17) is 5.11 Å². The summed E-state index contributed by atoms with van der Waals surface area (Å²) < 4.78 is 1.40. The molecule has 144 valence electrons. The van der Waals surface area contributed by atoms with Crippen LogP contribution in [0.25, 0.3) is 0 Å². The molecule has 27 heavy (non-hydrogen) atoms. The fourth-order valence-corrected chi connectivity index (χ4v) is 9.91. The molecule has 0 spiro atoms. The van der Waals surface area contributed by atoms with Crippen LogP contribution in [0.15, 0.2) is 30.5 Å². The average Bonchev–Trinajstić information content (AvgIpc) is 2.60. The van der Waals surface area contributed by atoms with Crippen LogP contribution in [0.4, 0.5) is 0 Å². The number of carboxylic acid groups (broad SMARTS) is 1. The van der Waals surface area contributed by atoms with Gasteiger partial charge in [0.1, 0.15) is 0 Å². The first kappa shape index (κ1) is 19.7. The molecule has 1 aliphatic rings. The topological polar surface area (TPSA) is 50.2 Å². The van der Waals surface area contributed by atoms with Crippen LogP contribution < -0.4 is 4.46 Å². The van der Waals surface area contributed by atoms with Crippen molar-refractivity contribution in [2.75, 3.05) is 0 Å². The Bertz CT molecular complexity index is 986. The molecule has 0 fully saturated rings. The Balaban J connectivity index is 2.08. The second-order valence-electron chi connectivity index (χ2n) is 9.68. The Labute approximate surface area is 161 Å². The van der Waals surface area contributed by atoms with Crippen LogP contribution in [-0.2, 0) is 12.8 Å². The molecule has 0 amide bonds. The van der Waals surface area contributed by atoms with E-state index in [0.717, 1.165) is 0 Å². The van der Waals surface area contributed by atoms with Crippen LogP contribution in [0.5, 0.6) is 0 Å². The Morgan fingerprint density at radius 3 is 2.41 bits per heavy atom. The summed E-state index contributed by atoms with van der Waals surface area (Å²) in [6, 6.07) is 7.88. The van der Waals surface area contributed by atoms with Gasteiger partial charge < -0.3 is 0 Å². The van der Waals surface area contributed by atoms with Gasteiger partial charge in [0.15, 0.2) is 0 Å². The quantitative estimate of drug-likeness (QED) is 0.558. The molecular weight excluding hydrogens is 401 g/mol. The number of hydrogen-bond acceptors (Lipinski definition) is 2. The van der Waals surface area contributed by atoms with Gasteiger partial charge in [0, 0.05) is 0 Å². The molecule has 3 nitrogen and oxygen atoms in total. The molecule has 1 N–H and O–H groups in total. The number of fused-ring (bicyclic) bond motifs is 1. The maximum atomic E-state index is 11.0.